The van der Waals surface area contributed by atoms with Crippen LogP contribution in [0.1, 0.15) is 43.8 Å². The van der Waals surface area contributed by atoms with Crippen molar-refractivity contribution in [1.29, 1.82) is 0 Å². The molecule has 1 heterocycles. The van der Waals surface area contributed by atoms with Crippen LogP contribution in [0.2, 0.25) is 0 Å². The highest BCUT2D eigenvalue weighted by molar-refractivity contribution is 7.99. The van der Waals surface area contributed by atoms with Gasteiger partial charge in [0.05, 0.1) is 0 Å². The van der Waals surface area contributed by atoms with Gasteiger partial charge in [-0.2, -0.15) is 0 Å². The van der Waals surface area contributed by atoms with Crippen molar-refractivity contribution in [3.8, 4) is 0 Å². The molecule has 0 amide bonds. The van der Waals surface area contributed by atoms with Crippen LogP contribution in [-0.2, 0) is 5.41 Å². The van der Waals surface area contributed by atoms with E-state index in [0.717, 1.165) is 5.75 Å². The van der Waals surface area contributed by atoms with Gasteiger partial charge in [-0.05, 0) is 23.6 Å². The normalized spacial score (nSPS) is 13.4. The summed E-state index contributed by atoms with van der Waals surface area (Å²) in [7, 11) is 1.97. The smallest absolute Gasteiger partial charge is 0.276 e. The van der Waals surface area contributed by atoms with E-state index in [1.807, 2.05) is 7.05 Å². The summed E-state index contributed by atoms with van der Waals surface area (Å²) in [6, 6.07) is 9.07. The molecule has 2 rings (SSSR count). The van der Waals surface area contributed by atoms with Crippen molar-refractivity contribution in [2.45, 2.75) is 44.4 Å². The van der Waals surface area contributed by atoms with Gasteiger partial charge in [0.2, 0.25) is 5.89 Å². The molecule has 2 aromatic rings. The molecule has 1 atom stereocenters. The van der Waals surface area contributed by atoms with Gasteiger partial charge in [0.25, 0.3) is 5.22 Å². The maximum atomic E-state index is 5.39. The van der Waals surface area contributed by atoms with E-state index in [4.69, 9.17) is 4.42 Å². The van der Waals surface area contributed by atoms with Crippen molar-refractivity contribution in [2.75, 3.05) is 12.8 Å². The first-order valence-corrected chi connectivity index (χ1v) is 8.09. The summed E-state index contributed by atoms with van der Waals surface area (Å²) in [6.45, 7) is 8.49. The fraction of sp³-hybridized carbons (Fsp3) is 0.500. The van der Waals surface area contributed by atoms with Crippen molar-refractivity contribution in [1.82, 2.24) is 15.5 Å². The lowest BCUT2D eigenvalue weighted by Crippen LogP contribution is -2.19. The fourth-order valence-electron chi connectivity index (χ4n) is 2.05. The van der Waals surface area contributed by atoms with Gasteiger partial charge in [0, 0.05) is 18.7 Å². The van der Waals surface area contributed by atoms with Crippen molar-refractivity contribution in [2.24, 2.45) is 0 Å². The van der Waals surface area contributed by atoms with Crippen LogP contribution in [0, 0.1) is 6.92 Å². The predicted molar refractivity (Wildman–Crippen MR) is 86.7 cm³/mol. The summed E-state index contributed by atoms with van der Waals surface area (Å²) >= 11 is 1.58. The van der Waals surface area contributed by atoms with E-state index in [2.05, 4.69) is 60.6 Å². The van der Waals surface area contributed by atoms with E-state index in [0.29, 0.717) is 11.1 Å². The summed E-state index contributed by atoms with van der Waals surface area (Å²) < 4.78 is 5.39. The van der Waals surface area contributed by atoms with E-state index in [1.54, 1.807) is 18.7 Å². The SMILES string of the molecule is CNC(CSc1nnc(C)o1)c1ccc(C(C)(C)C)cc1. The summed E-state index contributed by atoms with van der Waals surface area (Å²) in [5, 5.41) is 11.8. The van der Waals surface area contributed by atoms with Crippen LogP contribution >= 0.6 is 11.8 Å². The molecule has 0 aliphatic carbocycles. The zero-order chi connectivity index (χ0) is 15.5. The fourth-order valence-corrected chi connectivity index (χ4v) is 3.00. The van der Waals surface area contributed by atoms with E-state index in [-0.39, 0.29) is 11.5 Å². The monoisotopic (exact) mass is 305 g/mol. The molecular weight excluding hydrogens is 282 g/mol. The average molecular weight is 305 g/mol. The lowest BCUT2D eigenvalue weighted by Gasteiger charge is -2.21. The Labute approximate surface area is 130 Å². The van der Waals surface area contributed by atoms with Crippen LogP contribution in [0.15, 0.2) is 33.9 Å². The lowest BCUT2D eigenvalue weighted by molar-refractivity contribution is 0.428. The van der Waals surface area contributed by atoms with E-state index < -0.39 is 0 Å². The largest absolute Gasteiger partial charge is 0.416 e. The zero-order valence-corrected chi connectivity index (χ0v) is 14.1. The third-order valence-corrected chi connectivity index (χ3v) is 4.32. The first-order chi connectivity index (χ1) is 9.90. The Kier molecular flexibility index (Phi) is 5.06. The molecule has 1 aromatic carbocycles. The second kappa shape index (κ2) is 6.62. The number of aromatic nitrogens is 2. The molecule has 5 heteroatoms. The van der Waals surface area contributed by atoms with E-state index in [1.165, 1.54) is 11.1 Å². The molecule has 0 saturated heterocycles. The summed E-state index contributed by atoms with van der Waals surface area (Å²) in [5.74, 6) is 1.46. The molecule has 0 radical (unpaired) electrons. The van der Waals surface area contributed by atoms with Gasteiger partial charge in [-0.25, -0.2) is 0 Å². The summed E-state index contributed by atoms with van der Waals surface area (Å²) in [6.07, 6.45) is 0. The summed E-state index contributed by atoms with van der Waals surface area (Å²) in [4.78, 5) is 0. The molecule has 1 unspecified atom stereocenters. The van der Waals surface area contributed by atoms with Crippen LogP contribution in [0.4, 0.5) is 0 Å². The zero-order valence-electron chi connectivity index (χ0n) is 13.3. The molecule has 0 spiro atoms. The van der Waals surface area contributed by atoms with Gasteiger partial charge < -0.3 is 9.73 Å². The number of thioether (sulfide) groups is 1. The molecule has 4 nitrogen and oxygen atoms in total. The Morgan fingerprint density at radius 3 is 2.33 bits per heavy atom. The van der Waals surface area contributed by atoms with Gasteiger partial charge in [-0.15, -0.1) is 10.2 Å². The van der Waals surface area contributed by atoms with Crippen LogP contribution in [-0.4, -0.2) is 23.0 Å². The minimum Gasteiger partial charge on any atom is -0.416 e. The molecule has 114 valence electrons. The predicted octanol–water partition coefficient (Wildman–Crippen LogP) is 3.73. The van der Waals surface area contributed by atoms with Crippen LogP contribution in [0.25, 0.3) is 0 Å². The molecule has 1 aromatic heterocycles. The van der Waals surface area contributed by atoms with Gasteiger partial charge in [-0.1, -0.05) is 56.8 Å². The van der Waals surface area contributed by atoms with Gasteiger partial charge in [0.15, 0.2) is 0 Å². The highest BCUT2D eigenvalue weighted by atomic mass is 32.2. The standard InChI is InChI=1S/C16H23N3OS/c1-11-18-19-15(20-11)21-10-14(17-5)12-6-8-13(9-7-12)16(2,3)4/h6-9,14,17H,10H2,1-5H3. The van der Waals surface area contributed by atoms with Crippen LogP contribution < -0.4 is 5.32 Å². The minimum atomic E-state index is 0.184. The van der Waals surface area contributed by atoms with Gasteiger partial charge in [0.1, 0.15) is 0 Å². The third-order valence-electron chi connectivity index (χ3n) is 3.41. The minimum absolute atomic E-state index is 0.184. The van der Waals surface area contributed by atoms with Gasteiger partial charge >= 0.3 is 0 Å². The molecule has 21 heavy (non-hydrogen) atoms. The van der Waals surface area contributed by atoms with Crippen molar-refractivity contribution in [3.05, 3.63) is 41.3 Å². The number of nitrogens with zero attached hydrogens (tertiary/aromatic N) is 2. The first kappa shape index (κ1) is 16.0. The van der Waals surface area contributed by atoms with E-state index in [9.17, 15) is 0 Å². The highest BCUT2D eigenvalue weighted by Crippen LogP contribution is 2.27. The molecule has 0 aliphatic rings. The molecule has 0 aliphatic heterocycles. The first-order valence-electron chi connectivity index (χ1n) is 7.11. The van der Waals surface area contributed by atoms with Crippen molar-refractivity contribution >= 4 is 11.8 Å². The third kappa shape index (κ3) is 4.32. The van der Waals surface area contributed by atoms with Crippen molar-refractivity contribution < 1.29 is 4.42 Å². The maximum absolute atomic E-state index is 5.39. The topological polar surface area (TPSA) is 51.0 Å². The number of hydrogen-bond acceptors (Lipinski definition) is 5. The molecular formula is C16H23N3OS. The number of rotatable bonds is 5. The lowest BCUT2D eigenvalue weighted by atomic mass is 9.86. The second-order valence-corrected chi connectivity index (χ2v) is 7.08. The maximum Gasteiger partial charge on any atom is 0.276 e. The Morgan fingerprint density at radius 1 is 1.19 bits per heavy atom. The van der Waals surface area contributed by atoms with Crippen molar-refractivity contribution in [3.63, 3.8) is 0 Å². The van der Waals surface area contributed by atoms with Crippen LogP contribution in [0.3, 0.4) is 0 Å². The molecule has 0 bridgehead atoms. The molecule has 0 saturated carbocycles. The quantitative estimate of drug-likeness (QED) is 0.853. The number of benzene rings is 1. The molecule has 0 fully saturated rings. The van der Waals surface area contributed by atoms with E-state index >= 15 is 0 Å². The summed E-state index contributed by atoms with van der Waals surface area (Å²) in [5.41, 5.74) is 2.81. The average Bonchev–Trinajstić information content (AvgIpc) is 2.85. The van der Waals surface area contributed by atoms with Crippen LogP contribution in [0.5, 0.6) is 0 Å². The number of aryl methyl sites for hydroxylation is 1. The Bertz CT molecular complexity index is 572. The van der Waals surface area contributed by atoms with Gasteiger partial charge in [-0.3, -0.25) is 0 Å². The highest BCUT2D eigenvalue weighted by Gasteiger charge is 2.16. The Balaban J connectivity index is 2.03. The Hall–Kier alpha value is -1.33. The molecule has 1 N–H and O–H groups in total. The number of hydrogen-bond donors (Lipinski definition) is 1. The second-order valence-electron chi connectivity index (χ2n) is 6.11. The Morgan fingerprint density at radius 2 is 1.86 bits per heavy atom. The number of nitrogens with one attached hydrogen (secondary N) is 1.